The van der Waals surface area contributed by atoms with Gasteiger partial charge in [0.25, 0.3) is 0 Å². The van der Waals surface area contributed by atoms with Gasteiger partial charge in [-0.1, -0.05) is 17.3 Å². The molecule has 5 heteroatoms. The number of allylic oxidation sites excluding steroid dienone is 2. The second-order valence-electron chi connectivity index (χ2n) is 5.99. The summed E-state index contributed by atoms with van der Waals surface area (Å²) in [5, 5.41) is 3.82. The molecule has 2 aliphatic rings. The largest absolute Gasteiger partial charge is 0.361 e. The number of nitrogens with zero attached hydrogens (tertiary/aromatic N) is 3. The average molecular weight is 289 g/mol. The predicted molar refractivity (Wildman–Crippen MR) is 79.6 cm³/mol. The van der Waals surface area contributed by atoms with Crippen LogP contribution >= 0.6 is 0 Å². The second kappa shape index (κ2) is 6.43. The van der Waals surface area contributed by atoms with Crippen molar-refractivity contribution in [1.29, 1.82) is 0 Å². The van der Waals surface area contributed by atoms with Crippen molar-refractivity contribution in [2.75, 3.05) is 26.2 Å². The molecule has 114 valence electrons. The topological polar surface area (TPSA) is 49.6 Å². The molecule has 1 amide bonds. The number of carbonyl (C=O) groups excluding carboxylic acids is 1. The van der Waals surface area contributed by atoms with Crippen LogP contribution in [0.5, 0.6) is 0 Å². The molecule has 0 bridgehead atoms. The maximum absolute atomic E-state index is 12.5. The zero-order chi connectivity index (χ0) is 14.7. The van der Waals surface area contributed by atoms with E-state index >= 15 is 0 Å². The summed E-state index contributed by atoms with van der Waals surface area (Å²) in [4.78, 5) is 16.9. The first-order chi connectivity index (χ1) is 10.2. The van der Waals surface area contributed by atoms with Gasteiger partial charge in [-0.05, 0) is 26.2 Å². The lowest BCUT2D eigenvalue weighted by molar-refractivity contribution is -0.137. The van der Waals surface area contributed by atoms with Crippen molar-refractivity contribution in [2.45, 2.75) is 32.7 Å². The molecule has 0 radical (unpaired) electrons. The van der Waals surface area contributed by atoms with E-state index in [0.29, 0.717) is 5.91 Å². The van der Waals surface area contributed by atoms with Gasteiger partial charge in [0.2, 0.25) is 5.91 Å². The van der Waals surface area contributed by atoms with Crippen LogP contribution in [0.4, 0.5) is 0 Å². The fourth-order valence-electron chi connectivity index (χ4n) is 3.11. The Kier molecular flexibility index (Phi) is 4.39. The van der Waals surface area contributed by atoms with Crippen LogP contribution in [0.3, 0.4) is 0 Å². The Balaban J connectivity index is 1.49. The van der Waals surface area contributed by atoms with Crippen molar-refractivity contribution in [3.05, 3.63) is 29.7 Å². The molecule has 0 aromatic carbocycles. The lowest BCUT2D eigenvalue weighted by Gasteiger charge is -2.36. The highest BCUT2D eigenvalue weighted by atomic mass is 16.5. The Morgan fingerprint density at radius 1 is 1.33 bits per heavy atom. The molecule has 2 heterocycles. The second-order valence-corrected chi connectivity index (χ2v) is 5.99. The number of hydrogen-bond acceptors (Lipinski definition) is 4. The Bertz CT molecular complexity index is 515. The standard InChI is InChI=1S/C16H23N3O2/c1-13-15(11-17-21-13)12-18-7-9-19(10-8-18)16(20)14-5-3-2-4-6-14/h2-3,11,14H,4-10,12H2,1H3/t14-/m1/s1. The maximum atomic E-state index is 12.5. The molecule has 0 spiro atoms. The first-order valence-corrected chi connectivity index (χ1v) is 7.80. The van der Waals surface area contributed by atoms with Gasteiger partial charge in [0.1, 0.15) is 5.76 Å². The summed E-state index contributed by atoms with van der Waals surface area (Å²) in [6.07, 6.45) is 9.10. The van der Waals surface area contributed by atoms with Gasteiger partial charge < -0.3 is 9.42 Å². The highest BCUT2D eigenvalue weighted by molar-refractivity contribution is 5.79. The molecule has 5 nitrogen and oxygen atoms in total. The third-order valence-corrected chi connectivity index (χ3v) is 4.55. The van der Waals surface area contributed by atoms with Gasteiger partial charge in [-0.3, -0.25) is 9.69 Å². The molecule has 3 rings (SSSR count). The summed E-state index contributed by atoms with van der Waals surface area (Å²) in [5.41, 5.74) is 1.15. The van der Waals surface area contributed by atoms with E-state index in [4.69, 9.17) is 4.52 Å². The van der Waals surface area contributed by atoms with Gasteiger partial charge in [0, 0.05) is 44.2 Å². The van der Waals surface area contributed by atoms with Gasteiger partial charge in [-0.2, -0.15) is 0 Å². The van der Waals surface area contributed by atoms with E-state index in [-0.39, 0.29) is 5.92 Å². The van der Waals surface area contributed by atoms with Crippen molar-refractivity contribution in [3.8, 4) is 0 Å². The number of aromatic nitrogens is 1. The number of piperazine rings is 1. The number of rotatable bonds is 3. The normalized spacial score (nSPS) is 23.5. The summed E-state index contributed by atoms with van der Waals surface area (Å²) in [7, 11) is 0. The summed E-state index contributed by atoms with van der Waals surface area (Å²) in [6, 6.07) is 0. The molecule has 1 fully saturated rings. The molecule has 1 aromatic heterocycles. The zero-order valence-corrected chi connectivity index (χ0v) is 12.6. The Hall–Kier alpha value is -1.62. The molecule has 21 heavy (non-hydrogen) atoms. The number of hydrogen-bond donors (Lipinski definition) is 0. The Labute approximate surface area is 125 Å². The lowest BCUT2D eigenvalue weighted by atomic mass is 9.93. The van der Waals surface area contributed by atoms with Crippen LogP contribution in [0.15, 0.2) is 22.9 Å². The predicted octanol–water partition coefficient (Wildman–Crippen LogP) is 1.98. The highest BCUT2D eigenvalue weighted by Crippen LogP contribution is 2.21. The van der Waals surface area contributed by atoms with Crippen molar-refractivity contribution >= 4 is 5.91 Å². The van der Waals surface area contributed by atoms with Crippen LogP contribution < -0.4 is 0 Å². The van der Waals surface area contributed by atoms with E-state index in [1.807, 2.05) is 11.8 Å². The lowest BCUT2D eigenvalue weighted by Crippen LogP contribution is -2.50. The van der Waals surface area contributed by atoms with E-state index in [1.54, 1.807) is 6.20 Å². The minimum Gasteiger partial charge on any atom is -0.361 e. The first kappa shape index (κ1) is 14.3. The monoisotopic (exact) mass is 289 g/mol. The quantitative estimate of drug-likeness (QED) is 0.798. The van der Waals surface area contributed by atoms with E-state index < -0.39 is 0 Å². The van der Waals surface area contributed by atoms with E-state index in [2.05, 4.69) is 22.2 Å². The molecule has 1 aromatic rings. The van der Waals surface area contributed by atoms with Gasteiger partial charge in [0.15, 0.2) is 0 Å². The third kappa shape index (κ3) is 3.35. The smallest absolute Gasteiger partial charge is 0.226 e. The molecule has 0 unspecified atom stereocenters. The van der Waals surface area contributed by atoms with E-state index in [9.17, 15) is 4.79 Å². The Morgan fingerprint density at radius 2 is 2.14 bits per heavy atom. The molecule has 1 aliphatic heterocycles. The van der Waals surface area contributed by atoms with E-state index in [1.165, 1.54) is 0 Å². The van der Waals surface area contributed by atoms with Gasteiger partial charge >= 0.3 is 0 Å². The first-order valence-electron chi connectivity index (χ1n) is 7.80. The van der Waals surface area contributed by atoms with Crippen LogP contribution in [-0.4, -0.2) is 47.0 Å². The SMILES string of the molecule is Cc1oncc1CN1CCN(C(=O)[C@@H]2CC=CCC2)CC1. The van der Waals surface area contributed by atoms with Crippen molar-refractivity contribution in [1.82, 2.24) is 15.0 Å². The number of amides is 1. The van der Waals surface area contributed by atoms with Crippen LogP contribution in [0.2, 0.25) is 0 Å². The van der Waals surface area contributed by atoms with Crippen LogP contribution in [0.1, 0.15) is 30.6 Å². The van der Waals surface area contributed by atoms with Crippen LogP contribution in [-0.2, 0) is 11.3 Å². The van der Waals surface area contributed by atoms with Crippen molar-refractivity contribution in [3.63, 3.8) is 0 Å². The van der Waals surface area contributed by atoms with Gasteiger partial charge in [-0.25, -0.2) is 0 Å². The molecular weight excluding hydrogens is 266 g/mol. The molecule has 0 N–H and O–H groups in total. The fraction of sp³-hybridized carbons (Fsp3) is 0.625. The molecule has 1 saturated heterocycles. The molecular formula is C16H23N3O2. The van der Waals surface area contributed by atoms with Crippen LogP contribution in [0, 0.1) is 12.8 Å². The number of carbonyl (C=O) groups is 1. The average Bonchev–Trinajstić information content (AvgIpc) is 2.93. The highest BCUT2D eigenvalue weighted by Gasteiger charge is 2.27. The van der Waals surface area contributed by atoms with Gasteiger partial charge in [-0.15, -0.1) is 0 Å². The maximum Gasteiger partial charge on any atom is 0.226 e. The molecule has 0 saturated carbocycles. The minimum absolute atomic E-state index is 0.210. The third-order valence-electron chi connectivity index (χ3n) is 4.55. The molecule has 1 aliphatic carbocycles. The van der Waals surface area contributed by atoms with E-state index in [0.717, 1.165) is 63.3 Å². The number of aryl methyl sites for hydroxylation is 1. The summed E-state index contributed by atoms with van der Waals surface area (Å²) < 4.78 is 5.10. The summed E-state index contributed by atoms with van der Waals surface area (Å²) in [5.74, 6) is 1.45. The fourth-order valence-corrected chi connectivity index (χ4v) is 3.11. The van der Waals surface area contributed by atoms with Crippen LogP contribution in [0.25, 0.3) is 0 Å². The summed E-state index contributed by atoms with van der Waals surface area (Å²) in [6.45, 7) is 6.34. The Morgan fingerprint density at radius 3 is 2.76 bits per heavy atom. The van der Waals surface area contributed by atoms with Crippen molar-refractivity contribution < 1.29 is 9.32 Å². The zero-order valence-electron chi connectivity index (χ0n) is 12.6. The molecule has 1 atom stereocenters. The minimum atomic E-state index is 0.210. The summed E-state index contributed by atoms with van der Waals surface area (Å²) >= 11 is 0. The van der Waals surface area contributed by atoms with Crippen molar-refractivity contribution in [2.24, 2.45) is 5.92 Å². The van der Waals surface area contributed by atoms with Gasteiger partial charge in [0.05, 0.1) is 6.20 Å².